The highest BCUT2D eigenvalue weighted by atomic mass is 19.3. The molecule has 1 aromatic carbocycles. The molecule has 0 radical (unpaired) electrons. The molecule has 2 heterocycles. The van der Waals surface area contributed by atoms with Crippen LogP contribution in [0.2, 0.25) is 0 Å². The monoisotopic (exact) mass is 373 g/mol. The number of hydrogen-bond acceptors (Lipinski definition) is 4. The molecular weight excluding hydrogens is 356 g/mol. The van der Waals surface area contributed by atoms with E-state index in [2.05, 4.69) is 25.5 Å². The first kappa shape index (κ1) is 18.3. The van der Waals surface area contributed by atoms with Gasteiger partial charge in [0, 0.05) is 18.5 Å². The number of benzene rings is 1. The highest BCUT2D eigenvalue weighted by Gasteiger charge is 2.14. The minimum Gasteiger partial charge on any atom is -0.433 e. The van der Waals surface area contributed by atoms with Crippen molar-refractivity contribution >= 4 is 17.5 Å². The van der Waals surface area contributed by atoms with Gasteiger partial charge in [-0.2, -0.15) is 13.9 Å². The van der Waals surface area contributed by atoms with Crippen LogP contribution in [0, 0.1) is 6.92 Å². The third-order valence-electron chi connectivity index (χ3n) is 3.62. The van der Waals surface area contributed by atoms with Crippen molar-refractivity contribution in [1.29, 1.82) is 0 Å². The van der Waals surface area contributed by atoms with Gasteiger partial charge in [0.25, 0.3) is 0 Å². The molecule has 0 aliphatic heterocycles. The number of ether oxygens (including phenoxy) is 1. The molecule has 0 atom stereocenters. The van der Waals surface area contributed by atoms with Crippen molar-refractivity contribution in [2.75, 3.05) is 10.6 Å². The maximum Gasteiger partial charge on any atom is 0.387 e. The fourth-order valence-corrected chi connectivity index (χ4v) is 2.43. The van der Waals surface area contributed by atoms with E-state index in [0.717, 1.165) is 5.69 Å². The van der Waals surface area contributed by atoms with E-state index in [1.54, 1.807) is 42.2 Å². The fraction of sp³-hybridized carbons (Fsp3) is 0.167. The Morgan fingerprint density at radius 1 is 1.19 bits per heavy atom. The number of rotatable bonds is 6. The number of amides is 2. The van der Waals surface area contributed by atoms with E-state index in [1.165, 1.54) is 6.07 Å². The molecule has 7 nitrogen and oxygen atoms in total. The summed E-state index contributed by atoms with van der Waals surface area (Å²) < 4.78 is 31.1. The van der Waals surface area contributed by atoms with Crippen LogP contribution < -0.4 is 15.4 Å². The van der Waals surface area contributed by atoms with E-state index in [4.69, 9.17) is 0 Å². The first-order valence-corrected chi connectivity index (χ1v) is 8.07. The Bertz CT molecular complexity index is 915. The zero-order valence-corrected chi connectivity index (χ0v) is 14.4. The maximum absolute atomic E-state index is 12.5. The van der Waals surface area contributed by atoms with Crippen molar-refractivity contribution in [2.24, 2.45) is 0 Å². The van der Waals surface area contributed by atoms with Gasteiger partial charge in [0.1, 0.15) is 5.75 Å². The Balaban J connectivity index is 1.65. The molecule has 2 N–H and O–H groups in total. The number of carbonyl (C=O) groups excluding carboxylic acids is 1. The molecule has 0 fully saturated rings. The van der Waals surface area contributed by atoms with Crippen molar-refractivity contribution in [3.8, 4) is 5.75 Å². The second kappa shape index (κ2) is 8.26. The Morgan fingerprint density at radius 2 is 2.04 bits per heavy atom. The van der Waals surface area contributed by atoms with Crippen LogP contribution in [-0.4, -0.2) is 27.4 Å². The fourth-order valence-electron chi connectivity index (χ4n) is 2.43. The minimum absolute atomic E-state index is 0.110. The summed E-state index contributed by atoms with van der Waals surface area (Å²) in [4.78, 5) is 16.4. The molecule has 9 heteroatoms. The largest absolute Gasteiger partial charge is 0.433 e. The second-order valence-electron chi connectivity index (χ2n) is 5.63. The highest BCUT2D eigenvalue weighted by Crippen LogP contribution is 2.29. The van der Waals surface area contributed by atoms with Gasteiger partial charge < -0.3 is 10.1 Å². The summed E-state index contributed by atoms with van der Waals surface area (Å²) in [5.74, 6) is 0.203. The minimum atomic E-state index is -2.99. The van der Waals surface area contributed by atoms with E-state index in [0.29, 0.717) is 17.9 Å². The predicted octanol–water partition coefficient (Wildman–Crippen LogP) is 3.88. The highest BCUT2D eigenvalue weighted by molar-refractivity contribution is 6.00. The number of para-hydroxylation sites is 1. The van der Waals surface area contributed by atoms with Gasteiger partial charge in [0.15, 0.2) is 5.82 Å². The number of urea groups is 1. The molecule has 0 aliphatic rings. The van der Waals surface area contributed by atoms with E-state index in [-0.39, 0.29) is 11.4 Å². The van der Waals surface area contributed by atoms with Crippen molar-refractivity contribution in [3.05, 3.63) is 66.1 Å². The lowest BCUT2D eigenvalue weighted by Gasteiger charge is -2.14. The number of carbonyl (C=O) groups is 1. The number of pyridine rings is 1. The molecule has 0 aliphatic carbocycles. The zero-order chi connectivity index (χ0) is 19.2. The van der Waals surface area contributed by atoms with Gasteiger partial charge in [-0.05, 0) is 30.7 Å². The topological polar surface area (TPSA) is 81.1 Å². The molecule has 140 valence electrons. The Hall–Kier alpha value is -3.49. The maximum atomic E-state index is 12.5. The third kappa shape index (κ3) is 5.00. The number of aromatic nitrogens is 3. The Labute approximate surface area is 154 Å². The quantitative estimate of drug-likeness (QED) is 0.687. The Morgan fingerprint density at radius 3 is 2.78 bits per heavy atom. The molecule has 0 saturated carbocycles. The van der Waals surface area contributed by atoms with E-state index < -0.39 is 12.6 Å². The van der Waals surface area contributed by atoms with Gasteiger partial charge in [-0.3, -0.25) is 15.0 Å². The third-order valence-corrected chi connectivity index (χ3v) is 3.62. The lowest BCUT2D eigenvalue weighted by molar-refractivity contribution is -0.0493. The van der Waals surface area contributed by atoms with Crippen molar-refractivity contribution in [2.45, 2.75) is 20.1 Å². The van der Waals surface area contributed by atoms with Crippen LogP contribution in [0.25, 0.3) is 0 Å². The van der Waals surface area contributed by atoms with Crippen LogP contribution >= 0.6 is 0 Å². The van der Waals surface area contributed by atoms with Crippen LogP contribution in [0.3, 0.4) is 0 Å². The van der Waals surface area contributed by atoms with Crippen LogP contribution in [0.5, 0.6) is 5.75 Å². The smallest absolute Gasteiger partial charge is 0.387 e. The van der Waals surface area contributed by atoms with Gasteiger partial charge in [0.2, 0.25) is 0 Å². The summed E-state index contributed by atoms with van der Waals surface area (Å²) in [6.07, 6.45) is 3.39. The SMILES string of the molecule is Cc1cccc(OC(F)F)c1NC(=O)Nc1ccn(Cc2ccccn2)n1. The second-order valence-corrected chi connectivity index (χ2v) is 5.63. The number of aryl methyl sites for hydroxylation is 1. The first-order chi connectivity index (χ1) is 13.0. The number of hydrogen-bond donors (Lipinski definition) is 2. The van der Waals surface area contributed by atoms with Crippen molar-refractivity contribution < 1.29 is 18.3 Å². The zero-order valence-electron chi connectivity index (χ0n) is 14.4. The van der Waals surface area contributed by atoms with Gasteiger partial charge >= 0.3 is 12.6 Å². The van der Waals surface area contributed by atoms with Crippen molar-refractivity contribution in [3.63, 3.8) is 0 Å². The summed E-state index contributed by atoms with van der Waals surface area (Å²) in [6, 6.07) is 11.2. The standard InChI is InChI=1S/C18H17F2N5O2/c1-12-5-4-7-14(27-17(19)20)16(12)23-18(26)22-15-8-10-25(24-15)11-13-6-2-3-9-21-13/h2-10,17H,11H2,1H3,(H2,22,23,24,26). The van der Waals surface area contributed by atoms with Gasteiger partial charge in [-0.25, -0.2) is 4.79 Å². The lowest BCUT2D eigenvalue weighted by atomic mass is 10.2. The number of nitrogens with zero attached hydrogens (tertiary/aromatic N) is 3. The van der Waals surface area contributed by atoms with Gasteiger partial charge in [-0.1, -0.05) is 18.2 Å². The van der Waals surface area contributed by atoms with Crippen molar-refractivity contribution in [1.82, 2.24) is 14.8 Å². The summed E-state index contributed by atoms with van der Waals surface area (Å²) in [6.45, 7) is -0.859. The molecule has 3 aromatic rings. The van der Waals surface area contributed by atoms with Crippen LogP contribution in [0.4, 0.5) is 25.1 Å². The molecule has 0 spiro atoms. The molecule has 0 saturated heterocycles. The molecule has 2 amide bonds. The van der Waals surface area contributed by atoms with E-state index in [9.17, 15) is 13.6 Å². The number of nitrogens with one attached hydrogen (secondary N) is 2. The average Bonchev–Trinajstić information content (AvgIpc) is 3.05. The summed E-state index contributed by atoms with van der Waals surface area (Å²) in [5.41, 5.74) is 1.58. The molecule has 27 heavy (non-hydrogen) atoms. The molecular formula is C18H17F2N5O2. The summed E-state index contributed by atoms with van der Waals surface area (Å²) in [7, 11) is 0. The van der Waals surface area contributed by atoms with Gasteiger partial charge in [0.05, 0.1) is 17.9 Å². The van der Waals surface area contributed by atoms with Crippen LogP contribution in [-0.2, 0) is 6.54 Å². The summed E-state index contributed by atoms with van der Waals surface area (Å²) >= 11 is 0. The van der Waals surface area contributed by atoms with Crippen LogP contribution in [0.1, 0.15) is 11.3 Å². The van der Waals surface area contributed by atoms with Crippen LogP contribution in [0.15, 0.2) is 54.9 Å². The summed E-state index contributed by atoms with van der Waals surface area (Å²) in [5, 5.41) is 9.31. The van der Waals surface area contributed by atoms with Gasteiger partial charge in [-0.15, -0.1) is 0 Å². The molecule has 3 rings (SSSR count). The lowest BCUT2D eigenvalue weighted by Crippen LogP contribution is -2.21. The molecule has 0 unspecified atom stereocenters. The predicted molar refractivity (Wildman–Crippen MR) is 96.0 cm³/mol. The molecule has 0 bridgehead atoms. The normalized spacial score (nSPS) is 10.7. The number of anilines is 2. The van der Waals surface area contributed by atoms with E-state index >= 15 is 0 Å². The number of halogens is 2. The molecule has 2 aromatic heterocycles. The van der Waals surface area contributed by atoms with E-state index in [1.807, 2.05) is 18.2 Å². The Kier molecular flexibility index (Phi) is 5.60. The average molecular weight is 373 g/mol. The number of alkyl halides is 2. The first-order valence-electron chi connectivity index (χ1n) is 8.07.